The molecule has 0 saturated carbocycles. The topological polar surface area (TPSA) is 29.1 Å². The van der Waals surface area contributed by atoms with Crippen LogP contribution in [0.4, 0.5) is 0 Å². The molecule has 0 radical (unpaired) electrons. The van der Waals surface area contributed by atoms with E-state index in [1.54, 1.807) is 0 Å². The highest BCUT2D eigenvalue weighted by Crippen LogP contribution is 2.05. The Bertz CT molecular complexity index is 332. The van der Waals surface area contributed by atoms with Crippen LogP contribution in [0.3, 0.4) is 0 Å². The molecule has 88 valence electrons. The molecule has 16 heavy (non-hydrogen) atoms. The Kier molecular flexibility index (Phi) is 5.53. The van der Waals surface area contributed by atoms with Crippen LogP contribution in [0.5, 0.6) is 0 Å². The molecule has 1 aromatic rings. The third-order valence-electron chi connectivity index (χ3n) is 2.51. The van der Waals surface area contributed by atoms with Gasteiger partial charge in [-0.05, 0) is 30.9 Å². The number of benzene rings is 1. The van der Waals surface area contributed by atoms with Crippen molar-refractivity contribution in [1.29, 1.82) is 0 Å². The summed E-state index contributed by atoms with van der Waals surface area (Å²) in [6, 6.07) is 8.54. The predicted octanol–water partition coefficient (Wildman–Crippen LogP) is 2.69. The van der Waals surface area contributed by atoms with E-state index in [-0.39, 0.29) is 10.7 Å². The van der Waals surface area contributed by atoms with Crippen LogP contribution < -0.4 is 5.32 Å². The van der Waals surface area contributed by atoms with Crippen molar-refractivity contribution in [2.45, 2.75) is 31.5 Å². The number of hydrogen-bond acceptors (Lipinski definition) is 1. The Balaban J connectivity index is 2.34. The Hall–Kier alpha value is -0.830. The molecule has 1 atom stereocenters. The van der Waals surface area contributed by atoms with Gasteiger partial charge in [-0.1, -0.05) is 47.1 Å². The van der Waals surface area contributed by atoms with Crippen molar-refractivity contribution in [3.05, 3.63) is 35.4 Å². The molecular formula is C13H18BrNO. The van der Waals surface area contributed by atoms with Crippen LogP contribution in [0, 0.1) is 0 Å². The van der Waals surface area contributed by atoms with Gasteiger partial charge >= 0.3 is 0 Å². The van der Waals surface area contributed by atoms with Crippen LogP contribution in [-0.4, -0.2) is 17.3 Å². The van der Waals surface area contributed by atoms with Crippen molar-refractivity contribution in [1.82, 2.24) is 5.32 Å². The molecule has 0 aliphatic carbocycles. The Morgan fingerprint density at radius 1 is 1.31 bits per heavy atom. The van der Waals surface area contributed by atoms with E-state index in [1.165, 1.54) is 11.1 Å². The summed E-state index contributed by atoms with van der Waals surface area (Å²) in [6.45, 7) is 4.66. The van der Waals surface area contributed by atoms with Crippen LogP contribution in [0.15, 0.2) is 24.3 Å². The maximum Gasteiger partial charge on any atom is 0.233 e. The third kappa shape index (κ3) is 4.35. The Morgan fingerprint density at radius 3 is 2.38 bits per heavy atom. The minimum absolute atomic E-state index is 0.0465. The minimum Gasteiger partial charge on any atom is -0.355 e. The fraction of sp³-hybridized carbons (Fsp3) is 0.462. The molecule has 2 nitrogen and oxygen atoms in total. The number of rotatable bonds is 5. The molecule has 0 spiro atoms. The second-order valence-corrected chi connectivity index (χ2v) is 5.20. The third-order valence-corrected chi connectivity index (χ3v) is 2.92. The van der Waals surface area contributed by atoms with Crippen LogP contribution >= 0.6 is 15.9 Å². The van der Waals surface area contributed by atoms with Crippen LogP contribution in [0.1, 0.15) is 25.0 Å². The summed E-state index contributed by atoms with van der Waals surface area (Å²) in [5, 5.41) is 2.87. The molecule has 1 unspecified atom stereocenters. The number of carbonyl (C=O) groups is 1. The summed E-state index contributed by atoms with van der Waals surface area (Å²) in [6.07, 6.45) is 1.95. The molecule has 1 amide bonds. The quantitative estimate of drug-likeness (QED) is 0.828. The summed E-state index contributed by atoms with van der Waals surface area (Å²) in [5.74, 6) is 0.0465. The normalized spacial score (nSPS) is 12.2. The van der Waals surface area contributed by atoms with Gasteiger partial charge in [-0.2, -0.15) is 0 Å². The van der Waals surface area contributed by atoms with Crippen LogP contribution in [0.2, 0.25) is 0 Å². The van der Waals surface area contributed by atoms with Gasteiger partial charge in [0.2, 0.25) is 5.91 Å². The lowest BCUT2D eigenvalue weighted by molar-refractivity contribution is -0.120. The Morgan fingerprint density at radius 2 is 1.88 bits per heavy atom. The molecule has 1 N–H and O–H groups in total. The van der Waals surface area contributed by atoms with E-state index >= 15 is 0 Å². The van der Waals surface area contributed by atoms with E-state index in [1.807, 2.05) is 6.92 Å². The van der Waals surface area contributed by atoms with Gasteiger partial charge in [-0.25, -0.2) is 0 Å². The van der Waals surface area contributed by atoms with Crippen molar-refractivity contribution in [3.63, 3.8) is 0 Å². The maximum absolute atomic E-state index is 11.3. The first-order valence-electron chi connectivity index (χ1n) is 5.63. The molecule has 0 bridgehead atoms. The molecule has 0 saturated heterocycles. The molecule has 0 aliphatic rings. The van der Waals surface area contributed by atoms with E-state index in [9.17, 15) is 4.79 Å². The molecular weight excluding hydrogens is 266 g/mol. The van der Waals surface area contributed by atoms with E-state index < -0.39 is 0 Å². The smallest absolute Gasteiger partial charge is 0.233 e. The largest absolute Gasteiger partial charge is 0.355 e. The van der Waals surface area contributed by atoms with Crippen molar-refractivity contribution in [3.8, 4) is 0 Å². The number of hydrogen-bond donors (Lipinski definition) is 1. The second kappa shape index (κ2) is 6.69. The molecule has 0 aliphatic heterocycles. The predicted molar refractivity (Wildman–Crippen MR) is 70.9 cm³/mol. The van der Waals surface area contributed by atoms with Crippen LogP contribution in [-0.2, 0) is 17.6 Å². The average Bonchev–Trinajstić information content (AvgIpc) is 2.29. The van der Waals surface area contributed by atoms with Crippen molar-refractivity contribution in [2.24, 2.45) is 0 Å². The zero-order valence-electron chi connectivity index (χ0n) is 9.79. The lowest BCUT2D eigenvalue weighted by Crippen LogP contribution is -2.30. The summed E-state index contributed by atoms with van der Waals surface area (Å²) < 4.78 is 0. The van der Waals surface area contributed by atoms with Gasteiger partial charge in [0.25, 0.3) is 0 Å². The average molecular weight is 284 g/mol. The van der Waals surface area contributed by atoms with E-state index in [4.69, 9.17) is 0 Å². The summed E-state index contributed by atoms with van der Waals surface area (Å²) in [5.41, 5.74) is 2.61. The van der Waals surface area contributed by atoms with Crippen molar-refractivity contribution in [2.75, 3.05) is 6.54 Å². The van der Waals surface area contributed by atoms with Gasteiger partial charge in [0.05, 0.1) is 4.83 Å². The van der Waals surface area contributed by atoms with Gasteiger partial charge in [0, 0.05) is 6.54 Å². The summed E-state index contributed by atoms with van der Waals surface area (Å²) >= 11 is 3.23. The van der Waals surface area contributed by atoms with Crippen LogP contribution in [0.25, 0.3) is 0 Å². The SMILES string of the molecule is CCc1ccc(CCNC(=O)C(C)Br)cc1. The minimum atomic E-state index is -0.116. The first kappa shape index (κ1) is 13.2. The van der Waals surface area contributed by atoms with E-state index in [0.717, 1.165) is 12.8 Å². The zero-order valence-corrected chi connectivity index (χ0v) is 11.4. The molecule has 0 aromatic heterocycles. The number of nitrogens with one attached hydrogen (secondary N) is 1. The van der Waals surface area contributed by atoms with Gasteiger partial charge in [-0.3, -0.25) is 4.79 Å². The monoisotopic (exact) mass is 283 g/mol. The van der Waals surface area contributed by atoms with Crippen molar-refractivity contribution < 1.29 is 4.79 Å². The highest BCUT2D eigenvalue weighted by atomic mass is 79.9. The summed E-state index contributed by atoms with van der Waals surface area (Å²) in [7, 11) is 0. The van der Waals surface area contributed by atoms with E-state index in [0.29, 0.717) is 6.54 Å². The molecule has 0 fully saturated rings. The highest BCUT2D eigenvalue weighted by molar-refractivity contribution is 9.10. The van der Waals surface area contributed by atoms with Gasteiger partial charge < -0.3 is 5.32 Å². The standard InChI is InChI=1S/C13H18BrNO/c1-3-11-4-6-12(7-5-11)8-9-15-13(16)10(2)14/h4-7,10H,3,8-9H2,1-2H3,(H,15,16). The number of alkyl halides is 1. The lowest BCUT2D eigenvalue weighted by Gasteiger charge is -2.07. The fourth-order valence-corrected chi connectivity index (χ4v) is 1.57. The van der Waals surface area contributed by atoms with Gasteiger partial charge in [-0.15, -0.1) is 0 Å². The first-order chi connectivity index (χ1) is 7.63. The van der Waals surface area contributed by atoms with Gasteiger partial charge in [0.1, 0.15) is 0 Å². The fourth-order valence-electron chi connectivity index (χ4n) is 1.41. The maximum atomic E-state index is 11.3. The highest BCUT2D eigenvalue weighted by Gasteiger charge is 2.06. The van der Waals surface area contributed by atoms with E-state index in [2.05, 4.69) is 52.4 Å². The molecule has 0 heterocycles. The van der Waals surface area contributed by atoms with Gasteiger partial charge in [0.15, 0.2) is 0 Å². The van der Waals surface area contributed by atoms with Crippen molar-refractivity contribution >= 4 is 21.8 Å². The number of aryl methyl sites for hydroxylation is 1. The summed E-state index contributed by atoms with van der Waals surface area (Å²) in [4.78, 5) is 11.2. The zero-order chi connectivity index (χ0) is 12.0. The number of carbonyl (C=O) groups excluding carboxylic acids is 1. The number of halogens is 1. The second-order valence-electron chi connectivity index (χ2n) is 3.83. The molecule has 1 rings (SSSR count). The molecule has 1 aromatic carbocycles. The number of amides is 1. The molecule has 3 heteroatoms. The lowest BCUT2D eigenvalue weighted by atomic mass is 10.1. The first-order valence-corrected chi connectivity index (χ1v) is 6.54. The Labute approximate surface area is 106 Å².